The molecule has 0 bridgehead atoms. The second kappa shape index (κ2) is 7.43. The molecule has 1 saturated carbocycles. The van der Waals surface area contributed by atoms with Gasteiger partial charge in [0, 0.05) is 45.5 Å². The number of guanidine groups is 1. The average molecular weight is 363 g/mol. The summed E-state index contributed by atoms with van der Waals surface area (Å²) in [5.74, 6) is 0.913. The summed E-state index contributed by atoms with van der Waals surface area (Å²) in [5.41, 5.74) is 0.660. The van der Waals surface area contributed by atoms with Crippen LogP contribution in [0.5, 0.6) is 0 Å². The van der Waals surface area contributed by atoms with E-state index in [1.807, 2.05) is 36.3 Å². The van der Waals surface area contributed by atoms with E-state index in [9.17, 15) is 4.79 Å². The third kappa shape index (κ3) is 3.78. The summed E-state index contributed by atoms with van der Waals surface area (Å²) in [6.07, 6.45) is 8.11. The largest absolute Gasteiger partial charge is 0.355 e. The molecule has 1 aliphatic carbocycles. The van der Waals surface area contributed by atoms with Gasteiger partial charge in [0.2, 0.25) is 5.91 Å². The van der Waals surface area contributed by atoms with Crippen molar-refractivity contribution in [2.45, 2.75) is 32.2 Å². The van der Waals surface area contributed by atoms with E-state index in [0.717, 1.165) is 36.3 Å². The predicted molar refractivity (Wildman–Crippen MR) is 101 cm³/mol. The number of fused-ring (bicyclic) bond motifs is 1. The summed E-state index contributed by atoms with van der Waals surface area (Å²) in [7, 11) is 5.41. The normalized spacial score (nSPS) is 17.0. The maximum Gasteiger partial charge on any atom is 0.230 e. The fourth-order valence-electron chi connectivity index (χ4n) is 3.50. The highest BCUT2D eigenvalue weighted by Crippen LogP contribution is 2.38. The van der Waals surface area contributed by atoms with Gasteiger partial charge in [-0.1, -0.05) is 12.8 Å². The molecule has 0 saturated heterocycles. The van der Waals surface area contributed by atoms with Crippen molar-refractivity contribution in [1.82, 2.24) is 24.9 Å². The van der Waals surface area contributed by atoms with E-state index >= 15 is 0 Å². The number of hydrogen-bond donors (Lipinski definition) is 2. The van der Waals surface area contributed by atoms with Crippen molar-refractivity contribution >= 4 is 28.2 Å². The molecule has 0 aromatic carbocycles. The number of amides is 1. The molecule has 2 aromatic rings. The Morgan fingerprint density at radius 2 is 2.16 bits per heavy atom. The van der Waals surface area contributed by atoms with Crippen LogP contribution in [0.4, 0.5) is 0 Å². The number of rotatable bonds is 5. The number of carbonyl (C=O) groups is 1. The van der Waals surface area contributed by atoms with Crippen LogP contribution in [0.2, 0.25) is 0 Å². The summed E-state index contributed by atoms with van der Waals surface area (Å²) in [6, 6.07) is 0. The zero-order valence-electron chi connectivity index (χ0n) is 15.1. The minimum absolute atomic E-state index is 0.210. The van der Waals surface area contributed by atoms with Gasteiger partial charge in [-0.3, -0.25) is 14.2 Å². The minimum atomic E-state index is -0.307. The van der Waals surface area contributed by atoms with Crippen molar-refractivity contribution in [3.8, 4) is 0 Å². The summed E-state index contributed by atoms with van der Waals surface area (Å²) in [5, 5.41) is 8.65. The first-order chi connectivity index (χ1) is 12.0. The van der Waals surface area contributed by atoms with Crippen LogP contribution in [0.25, 0.3) is 4.96 Å². The summed E-state index contributed by atoms with van der Waals surface area (Å²) in [4.78, 5) is 24.2. The quantitative estimate of drug-likeness (QED) is 0.627. The minimum Gasteiger partial charge on any atom is -0.355 e. The number of hydrogen-bond acceptors (Lipinski definition) is 4. The van der Waals surface area contributed by atoms with Crippen molar-refractivity contribution in [1.29, 1.82) is 0 Å². The molecule has 1 amide bonds. The van der Waals surface area contributed by atoms with E-state index < -0.39 is 0 Å². The summed E-state index contributed by atoms with van der Waals surface area (Å²) < 4.78 is 2.02. The lowest BCUT2D eigenvalue weighted by Crippen LogP contribution is -2.49. The fourth-order valence-corrected chi connectivity index (χ4v) is 4.22. The molecule has 1 fully saturated rings. The third-order valence-corrected chi connectivity index (χ3v) is 5.59. The van der Waals surface area contributed by atoms with Gasteiger partial charge in [0.1, 0.15) is 0 Å². The number of carbonyl (C=O) groups excluding carboxylic acids is 1. The monoisotopic (exact) mass is 362 g/mol. The van der Waals surface area contributed by atoms with Crippen LogP contribution < -0.4 is 10.6 Å². The van der Waals surface area contributed by atoms with Gasteiger partial charge in [-0.25, -0.2) is 4.98 Å². The molecule has 3 rings (SSSR count). The van der Waals surface area contributed by atoms with Crippen LogP contribution in [0.1, 0.15) is 31.4 Å². The van der Waals surface area contributed by atoms with Crippen LogP contribution in [0, 0.1) is 5.41 Å². The Balaban J connectivity index is 1.58. The number of nitrogens with zero attached hydrogens (tertiary/aromatic N) is 4. The Morgan fingerprint density at radius 3 is 2.80 bits per heavy atom. The lowest BCUT2D eigenvalue weighted by Gasteiger charge is -2.31. The molecule has 0 unspecified atom stereocenters. The van der Waals surface area contributed by atoms with Gasteiger partial charge >= 0.3 is 0 Å². The number of thiazole rings is 1. The molecular formula is C17H26N6OS. The van der Waals surface area contributed by atoms with Crippen LogP contribution in [0.15, 0.2) is 22.8 Å². The Kier molecular flexibility index (Phi) is 5.27. The van der Waals surface area contributed by atoms with Gasteiger partial charge in [0.25, 0.3) is 0 Å². The maximum atomic E-state index is 12.6. The molecule has 7 nitrogen and oxygen atoms in total. The number of imidazole rings is 1. The molecular weight excluding hydrogens is 336 g/mol. The number of nitrogens with one attached hydrogen (secondary N) is 2. The highest BCUT2D eigenvalue weighted by molar-refractivity contribution is 7.15. The van der Waals surface area contributed by atoms with E-state index in [-0.39, 0.29) is 11.3 Å². The van der Waals surface area contributed by atoms with Gasteiger partial charge in [-0.15, -0.1) is 11.3 Å². The molecule has 2 aromatic heterocycles. The number of aromatic nitrogens is 2. The van der Waals surface area contributed by atoms with Crippen LogP contribution in [0.3, 0.4) is 0 Å². The molecule has 0 atom stereocenters. The van der Waals surface area contributed by atoms with Crippen molar-refractivity contribution < 1.29 is 4.79 Å². The first kappa shape index (κ1) is 17.7. The van der Waals surface area contributed by atoms with Crippen molar-refractivity contribution in [2.24, 2.45) is 10.4 Å². The molecule has 1 aliphatic rings. The molecule has 0 aliphatic heterocycles. The lowest BCUT2D eigenvalue weighted by atomic mass is 9.84. The van der Waals surface area contributed by atoms with Crippen LogP contribution >= 0.6 is 11.3 Å². The van der Waals surface area contributed by atoms with Crippen LogP contribution in [-0.4, -0.2) is 53.8 Å². The van der Waals surface area contributed by atoms with Crippen molar-refractivity contribution in [2.75, 3.05) is 27.7 Å². The Labute approximate surface area is 152 Å². The maximum absolute atomic E-state index is 12.6. The highest BCUT2D eigenvalue weighted by Gasteiger charge is 2.42. The topological polar surface area (TPSA) is 74.0 Å². The summed E-state index contributed by atoms with van der Waals surface area (Å²) in [6.45, 7) is 1.21. The highest BCUT2D eigenvalue weighted by atomic mass is 32.1. The first-order valence-electron chi connectivity index (χ1n) is 8.61. The molecule has 0 radical (unpaired) electrons. The van der Waals surface area contributed by atoms with E-state index in [2.05, 4.69) is 20.6 Å². The smallest absolute Gasteiger partial charge is 0.230 e. The van der Waals surface area contributed by atoms with Crippen molar-refractivity contribution in [3.63, 3.8) is 0 Å². The fraction of sp³-hybridized carbons (Fsp3) is 0.588. The molecule has 2 heterocycles. The van der Waals surface area contributed by atoms with Gasteiger partial charge in [0.05, 0.1) is 17.7 Å². The van der Waals surface area contributed by atoms with Gasteiger partial charge in [-0.05, 0) is 12.8 Å². The molecule has 0 spiro atoms. The van der Waals surface area contributed by atoms with E-state index in [1.54, 1.807) is 23.3 Å². The SMILES string of the molecule is CN=C(NCc1cn2ccsc2n1)NCC1(C(=O)N(C)C)CCCC1. The zero-order valence-corrected chi connectivity index (χ0v) is 15.9. The molecule has 8 heteroatoms. The average Bonchev–Trinajstić information content (AvgIpc) is 3.30. The molecule has 136 valence electrons. The Morgan fingerprint density at radius 1 is 1.40 bits per heavy atom. The standard InChI is InChI=1S/C17H26N6OS/c1-18-15(19-10-13-11-23-8-9-25-16(23)21-13)20-12-17(6-4-5-7-17)14(24)22(2)3/h8-9,11H,4-7,10,12H2,1-3H3,(H2,18,19,20). The van der Waals surface area contributed by atoms with Crippen LogP contribution in [-0.2, 0) is 11.3 Å². The van der Waals surface area contributed by atoms with Gasteiger partial charge in [-0.2, -0.15) is 0 Å². The van der Waals surface area contributed by atoms with Crippen molar-refractivity contribution in [3.05, 3.63) is 23.5 Å². The number of aliphatic imine (C=N–C) groups is 1. The van der Waals surface area contributed by atoms with Gasteiger partial charge < -0.3 is 15.5 Å². The third-order valence-electron chi connectivity index (χ3n) is 4.82. The lowest BCUT2D eigenvalue weighted by molar-refractivity contribution is -0.138. The van der Waals surface area contributed by atoms with E-state index in [1.165, 1.54) is 0 Å². The second-order valence-corrected chi connectivity index (χ2v) is 7.66. The molecule has 25 heavy (non-hydrogen) atoms. The molecule has 2 N–H and O–H groups in total. The Hall–Kier alpha value is -2.09. The first-order valence-corrected chi connectivity index (χ1v) is 9.49. The van der Waals surface area contributed by atoms with E-state index in [0.29, 0.717) is 19.0 Å². The predicted octanol–water partition coefficient (Wildman–Crippen LogP) is 1.71. The van der Waals surface area contributed by atoms with Gasteiger partial charge in [0.15, 0.2) is 10.9 Å². The summed E-state index contributed by atoms with van der Waals surface area (Å²) >= 11 is 1.62. The second-order valence-electron chi connectivity index (χ2n) is 6.79. The van der Waals surface area contributed by atoms with E-state index in [4.69, 9.17) is 0 Å². The Bertz CT molecular complexity index is 728. The zero-order chi connectivity index (χ0) is 17.9.